The second-order valence-corrected chi connectivity index (χ2v) is 8.28. The Kier molecular flexibility index (Phi) is 4.35. The van der Waals surface area contributed by atoms with E-state index in [4.69, 9.17) is 4.55 Å². The molecule has 0 amide bonds. The zero-order chi connectivity index (χ0) is 15.7. The lowest BCUT2D eigenvalue weighted by atomic mass is 10.3. The third-order valence-electron chi connectivity index (χ3n) is 2.99. The molecule has 0 unspecified atom stereocenters. The van der Waals surface area contributed by atoms with Crippen molar-refractivity contribution in [3.63, 3.8) is 0 Å². The number of hydrogen-bond acceptors (Lipinski definition) is 5. The van der Waals surface area contributed by atoms with E-state index in [2.05, 4.69) is 4.98 Å². The second-order valence-electron chi connectivity index (χ2n) is 4.80. The summed E-state index contributed by atoms with van der Waals surface area (Å²) in [6, 6.07) is 7.04. The summed E-state index contributed by atoms with van der Waals surface area (Å²) in [5.74, 6) is -0.339. The maximum absolute atomic E-state index is 11.8. The molecule has 0 saturated heterocycles. The van der Waals surface area contributed by atoms with Crippen LogP contribution in [0, 0.1) is 0 Å². The van der Waals surface area contributed by atoms with Crippen molar-refractivity contribution >= 4 is 31.0 Å². The number of benzene rings is 1. The lowest BCUT2D eigenvalue weighted by Crippen LogP contribution is -2.11. The number of aryl methyl sites for hydroxylation is 1. The second kappa shape index (κ2) is 5.74. The van der Waals surface area contributed by atoms with Gasteiger partial charge < -0.3 is 4.57 Å². The Morgan fingerprint density at radius 2 is 1.81 bits per heavy atom. The van der Waals surface area contributed by atoms with Gasteiger partial charge in [0.15, 0.2) is 0 Å². The number of rotatable bonds is 6. The Hall–Kier alpha value is -1.45. The first-order chi connectivity index (χ1) is 9.68. The number of sulfone groups is 1. The van der Waals surface area contributed by atoms with Gasteiger partial charge in [0.2, 0.25) is 15.0 Å². The number of imidazole rings is 1. The van der Waals surface area contributed by atoms with E-state index in [0.29, 0.717) is 24.0 Å². The van der Waals surface area contributed by atoms with Crippen LogP contribution in [-0.2, 0) is 26.5 Å². The van der Waals surface area contributed by atoms with Crippen LogP contribution in [0.25, 0.3) is 11.0 Å². The zero-order valence-corrected chi connectivity index (χ0v) is 13.1. The van der Waals surface area contributed by atoms with Crippen LogP contribution in [0.2, 0.25) is 0 Å². The number of para-hydroxylation sites is 2. The van der Waals surface area contributed by atoms with Crippen molar-refractivity contribution in [1.82, 2.24) is 9.55 Å². The molecular formula is C12H16N2O5S2. The fraction of sp³-hybridized carbons (Fsp3) is 0.417. The zero-order valence-electron chi connectivity index (χ0n) is 11.4. The lowest BCUT2D eigenvalue weighted by molar-refractivity contribution is 0.477. The van der Waals surface area contributed by atoms with Gasteiger partial charge >= 0.3 is 0 Å². The predicted molar refractivity (Wildman–Crippen MR) is 78.5 cm³/mol. The van der Waals surface area contributed by atoms with Crippen LogP contribution in [0.1, 0.15) is 12.8 Å². The quantitative estimate of drug-likeness (QED) is 0.627. The maximum Gasteiger partial charge on any atom is 0.264 e. The van der Waals surface area contributed by atoms with Gasteiger partial charge in [-0.05, 0) is 25.0 Å². The van der Waals surface area contributed by atoms with Crippen molar-refractivity contribution < 1.29 is 21.4 Å². The smallest absolute Gasteiger partial charge is 0.264 e. The predicted octanol–water partition coefficient (Wildman–Crippen LogP) is 1.11. The Morgan fingerprint density at radius 3 is 2.43 bits per heavy atom. The Labute approximate surface area is 123 Å². The molecule has 0 aliphatic heterocycles. The molecule has 1 aromatic heterocycles. The van der Waals surface area contributed by atoms with Crippen molar-refractivity contribution in [2.24, 2.45) is 0 Å². The molecule has 1 aromatic carbocycles. The molecule has 2 aromatic rings. The molecule has 7 nitrogen and oxygen atoms in total. The molecule has 0 bridgehead atoms. The number of aromatic nitrogens is 2. The molecule has 0 spiro atoms. The molecule has 0 atom stereocenters. The molecule has 2 rings (SSSR count). The van der Waals surface area contributed by atoms with Crippen LogP contribution in [0.15, 0.2) is 29.4 Å². The van der Waals surface area contributed by atoms with Crippen molar-refractivity contribution in [1.29, 1.82) is 0 Å². The van der Waals surface area contributed by atoms with Gasteiger partial charge in [-0.15, -0.1) is 0 Å². The largest absolute Gasteiger partial charge is 0.315 e. The van der Waals surface area contributed by atoms with Crippen LogP contribution < -0.4 is 0 Å². The number of unbranched alkanes of at least 4 members (excludes halogenated alkanes) is 1. The van der Waals surface area contributed by atoms with Gasteiger partial charge in [0.1, 0.15) is 0 Å². The summed E-state index contributed by atoms with van der Waals surface area (Å²) in [6.07, 6.45) is 1.75. The molecule has 0 aliphatic carbocycles. The summed E-state index contributed by atoms with van der Waals surface area (Å²) in [6.45, 7) is 0.318. The highest BCUT2D eigenvalue weighted by molar-refractivity contribution is 7.90. The average molecular weight is 332 g/mol. The Bertz CT molecular complexity index is 853. The van der Waals surface area contributed by atoms with Crippen molar-refractivity contribution in [3.05, 3.63) is 24.3 Å². The summed E-state index contributed by atoms with van der Waals surface area (Å²) in [5.41, 5.74) is 1.26. The van der Waals surface area contributed by atoms with E-state index in [-0.39, 0.29) is 17.3 Å². The van der Waals surface area contributed by atoms with Gasteiger partial charge in [0.25, 0.3) is 10.1 Å². The summed E-state index contributed by atoms with van der Waals surface area (Å²) >= 11 is 0. The summed E-state index contributed by atoms with van der Waals surface area (Å²) in [7, 11) is -7.47. The highest BCUT2D eigenvalue weighted by Gasteiger charge is 2.18. The monoisotopic (exact) mass is 332 g/mol. The molecule has 21 heavy (non-hydrogen) atoms. The minimum atomic E-state index is -3.99. The highest BCUT2D eigenvalue weighted by atomic mass is 32.2. The molecule has 1 N–H and O–H groups in total. The summed E-state index contributed by atoms with van der Waals surface area (Å²) < 4.78 is 55.2. The van der Waals surface area contributed by atoms with E-state index in [9.17, 15) is 16.8 Å². The van der Waals surface area contributed by atoms with E-state index < -0.39 is 20.0 Å². The van der Waals surface area contributed by atoms with Crippen LogP contribution in [0.3, 0.4) is 0 Å². The Morgan fingerprint density at radius 1 is 1.14 bits per heavy atom. The van der Waals surface area contributed by atoms with Gasteiger partial charge in [0, 0.05) is 12.8 Å². The lowest BCUT2D eigenvalue weighted by Gasteiger charge is -2.07. The fourth-order valence-corrected chi connectivity index (χ4v) is 3.53. The van der Waals surface area contributed by atoms with Gasteiger partial charge in [-0.2, -0.15) is 8.42 Å². The van der Waals surface area contributed by atoms with Gasteiger partial charge in [0.05, 0.1) is 16.8 Å². The first-order valence-electron chi connectivity index (χ1n) is 6.29. The maximum atomic E-state index is 11.8. The topological polar surface area (TPSA) is 106 Å². The highest BCUT2D eigenvalue weighted by Crippen LogP contribution is 2.20. The van der Waals surface area contributed by atoms with Crippen molar-refractivity contribution in [3.8, 4) is 0 Å². The SMILES string of the molecule is CS(=O)(=O)c1nc2ccccc2n1CCCCS(=O)(=O)O. The normalized spacial score (nSPS) is 12.9. The third kappa shape index (κ3) is 4.02. The molecule has 1 heterocycles. The summed E-state index contributed by atoms with van der Waals surface area (Å²) in [5, 5.41) is -0.0319. The molecule has 0 aliphatic rings. The molecular weight excluding hydrogens is 316 g/mol. The molecule has 116 valence electrons. The number of hydrogen-bond donors (Lipinski definition) is 1. The summed E-state index contributed by atoms with van der Waals surface area (Å²) in [4.78, 5) is 4.12. The van der Waals surface area contributed by atoms with Crippen LogP contribution in [0.4, 0.5) is 0 Å². The number of fused-ring (bicyclic) bond motifs is 1. The number of nitrogens with zero attached hydrogens (tertiary/aromatic N) is 2. The van der Waals surface area contributed by atoms with Crippen LogP contribution in [-0.4, -0.2) is 42.9 Å². The molecule has 0 fully saturated rings. The minimum Gasteiger partial charge on any atom is -0.315 e. The third-order valence-corrected chi connectivity index (χ3v) is 4.76. The van der Waals surface area contributed by atoms with Crippen LogP contribution >= 0.6 is 0 Å². The van der Waals surface area contributed by atoms with Crippen molar-refractivity contribution in [2.75, 3.05) is 12.0 Å². The minimum absolute atomic E-state index is 0.0319. The Balaban J connectivity index is 2.29. The van der Waals surface area contributed by atoms with Gasteiger partial charge in [-0.1, -0.05) is 12.1 Å². The fourth-order valence-electron chi connectivity index (χ4n) is 2.11. The van der Waals surface area contributed by atoms with Gasteiger partial charge in [-0.3, -0.25) is 4.55 Å². The standard InChI is InChI=1S/C12H16N2O5S2/c1-20(15,16)12-13-10-6-2-3-7-11(10)14(12)8-4-5-9-21(17,18)19/h2-3,6-7H,4-5,8-9H2,1H3,(H,17,18,19). The first kappa shape index (κ1) is 15.9. The molecule has 0 saturated carbocycles. The van der Waals surface area contributed by atoms with E-state index in [1.165, 1.54) is 0 Å². The van der Waals surface area contributed by atoms with E-state index in [1.807, 2.05) is 0 Å². The van der Waals surface area contributed by atoms with Crippen molar-refractivity contribution in [2.45, 2.75) is 24.5 Å². The van der Waals surface area contributed by atoms with Crippen LogP contribution in [0.5, 0.6) is 0 Å². The van der Waals surface area contributed by atoms with E-state index >= 15 is 0 Å². The molecule has 0 radical (unpaired) electrons. The average Bonchev–Trinajstić information content (AvgIpc) is 2.72. The van der Waals surface area contributed by atoms with Gasteiger partial charge in [-0.25, -0.2) is 13.4 Å². The van der Waals surface area contributed by atoms with E-state index in [1.54, 1.807) is 28.8 Å². The van der Waals surface area contributed by atoms with E-state index in [0.717, 1.165) is 6.26 Å². The molecule has 9 heteroatoms. The first-order valence-corrected chi connectivity index (χ1v) is 9.79.